The maximum atomic E-state index is 11.9. The number of aliphatic carboxylic acids is 1. The lowest BCUT2D eigenvalue weighted by molar-refractivity contribution is -0.137. The Hall–Kier alpha value is -1.45. The molecule has 0 aromatic carbocycles. The molecule has 0 fully saturated rings. The molecule has 0 radical (unpaired) electrons. The Balaban J connectivity index is 2.61. The molecule has 0 aliphatic heterocycles. The molecule has 8 nitrogen and oxygen atoms in total. The summed E-state index contributed by atoms with van der Waals surface area (Å²) in [7, 11) is -3.65. The third-order valence-corrected chi connectivity index (χ3v) is 4.10. The Morgan fingerprint density at radius 1 is 1.55 bits per heavy atom. The fourth-order valence-electron chi connectivity index (χ4n) is 1.47. The zero-order chi connectivity index (χ0) is 15.2. The van der Waals surface area contributed by atoms with Gasteiger partial charge in [-0.3, -0.25) is 9.48 Å². The van der Waals surface area contributed by atoms with Gasteiger partial charge in [-0.15, -0.1) is 0 Å². The summed E-state index contributed by atoms with van der Waals surface area (Å²) in [6, 6.07) is 0. The van der Waals surface area contributed by atoms with Gasteiger partial charge < -0.3 is 10.2 Å². The van der Waals surface area contributed by atoms with Crippen molar-refractivity contribution in [3.05, 3.63) is 12.4 Å². The summed E-state index contributed by atoms with van der Waals surface area (Å²) in [4.78, 5) is 10.4. The first kappa shape index (κ1) is 16.6. The smallest absolute Gasteiger partial charge is 0.305 e. The van der Waals surface area contributed by atoms with Gasteiger partial charge in [0, 0.05) is 19.3 Å². The zero-order valence-electron chi connectivity index (χ0n) is 11.2. The van der Waals surface area contributed by atoms with Gasteiger partial charge in [0.25, 0.3) is 0 Å². The fraction of sp³-hybridized carbons (Fsp3) is 0.636. The third-order valence-electron chi connectivity index (χ3n) is 2.72. The first-order valence-electron chi connectivity index (χ1n) is 6.20. The Morgan fingerprint density at radius 2 is 2.25 bits per heavy atom. The van der Waals surface area contributed by atoms with Gasteiger partial charge in [-0.2, -0.15) is 5.10 Å². The van der Waals surface area contributed by atoms with Gasteiger partial charge in [-0.25, -0.2) is 13.1 Å². The molecular formula is C11H19N3O5S. The summed E-state index contributed by atoms with van der Waals surface area (Å²) in [6.07, 6.45) is 2.87. The number of nitrogens with one attached hydrogen (secondary N) is 1. The van der Waals surface area contributed by atoms with Crippen LogP contribution in [0.1, 0.15) is 19.8 Å². The molecule has 0 bridgehead atoms. The van der Waals surface area contributed by atoms with Gasteiger partial charge in [0.15, 0.2) is 0 Å². The average Bonchev–Trinajstić information content (AvgIpc) is 2.84. The van der Waals surface area contributed by atoms with Gasteiger partial charge in [-0.1, -0.05) is 6.92 Å². The third kappa shape index (κ3) is 5.27. The molecule has 114 valence electrons. The van der Waals surface area contributed by atoms with Crippen LogP contribution in [-0.4, -0.2) is 47.5 Å². The van der Waals surface area contributed by atoms with Crippen LogP contribution in [0.25, 0.3) is 0 Å². The summed E-state index contributed by atoms with van der Waals surface area (Å²) < 4.78 is 27.6. The highest BCUT2D eigenvalue weighted by atomic mass is 32.2. The zero-order valence-corrected chi connectivity index (χ0v) is 12.0. The fourth-order valence-corrected chi connectivity index (χ4v) is 2.59. The standard InChI is InChI=1S/C11H19N3O5S/c1-9(3-5-15)6-13-20(18,19)10-7-12-14(8-10)4-2-11(16)17/h7-9,13,15H,2-6H2,1H3,(H,16,17). The second kappa shape index (κ2) is 7.36. The van der Waals surface area contributed by atoms with E-state index >= 15 is 0 Å². The Kier molecular flexibility index (Phi) is 6.11. The van der Waals surface area contributed by atoms with E-state index in [2.05, 4.69) is 9.82 Å². The molecule has 1 unspecified atom stereocenters. The van der Waals surface area contributed by atoms with Crippen molar-refractivity contribution in [2.75, 3.05) is 13.2 Å². The molecule has 0 amide bonds. The number of hydrogen-bond donors (Lipinski definition) is 3. The molecular weight excluding hydrogens is 286 g/mol. The Bertz CT molecular complexity index is 540. The van der Waals surface area contributed by atoms with E-state index in [0.29, 0.717) is 6.42 Å². The van der Waals surface area contributed by atoms with E-state index in [1.54, 1.807) is 0 Å². The topological polar surface area (TPSA) is 122 Å². The lowest BCUT2D eigenvalue weighted by atomic mass is 10.1. The number of aliphatic hydroxyl groups excluding tert-OH is 1. The van der Waals surface area contributed by atoms with Crippen LogP contribution in [0.5, 0.6) is 0 Å². The quantitative estimate of drug-likeness (QED) is 0.573. The van der Waals surface area contributed by atoms with Crippen molar-refractivity contribution in [2.45, 2.75) is 31.2 Å². The van der Waals surface area contributed by atoms with Gasteiger partial charge >= 0.3 is 5.97 Å². The van der Waals surface area contributed by atoms with E-state index in [0.717, 1.165) is 0 Å². The molecule has 20 heavy (non-hydrogen) atoms. The number of rotatable bonds is 9. The van der Waals surface area contributed by atoms with Crippen LogP contribution in [-0.2, 0) is 21.4 Å². The van der Waals surface area contributed by atoms with Crippen molar-refractivity contribution in [1.82, 2.24) is 14.5 Å². The molecule has 1 rings (SSSR count). The minimum absolute atomic E-state index is 0.000845. The van der Waals surface area contributed by atoms with E-state index in [-0.39, 0.29) is 36.9 Å². The van der Waals surface area contributed by atoms with Crippen molar-refractivity contribution in [3.8, 4) is 0 Å². The number of carboxylic acids is 1. The Labute approximate surface area is 117 Å². The number of aryl methyl sites for hydroxylation is 1. The molecule has 0 spiro atoms. The van der Waals surface area contributed by atoms with Crippen molar-refractivity contribution >= 4 is 16.0 Å². The molecule has 0 saturated carbocycles. The van der Waals surface area contributed by atoms with Crippen LogP contribution in [0.2, 0.25) is 0 Å². The molecule has 0 aliphatic carbocycles. The number of nitrogens with zero attached hydrogens (tertiary/aromatic N) is 2. The molecule has 1 aromatic rings. The first-order valence-corrected chi connectivity index (χ1v) is 7.68. The monoisotopic (exact) mass is 305 g/mol. The highest BCUT2D eigenvalue weighted by Gasteiger charge is 2.17. The van der Waals surface area contributed by atoms with Crippen molar-refractivity contribution in [1.29, 1.82) is 0 Å². The normalized spacial score (nSPS) is 13.3. The van der Waals surface area contributed by atoms with Crippen LogP contribution >= 0.6 is 0 Å². The molecule has 0 saturated heterocycles. The molecule has 1 atom stereocenters. The highest BCUT2D eigenvalue weighted by Crippen LogP contribution is 2.08. The minimum Gasteiger partial charge on any atom is -0.481 e. The lowest BCUT2D eigenvalue weighted by Gasteiger charge is -2.10. The predicted octanol–water partition coefficient (Wildman–Crippen LogP) is -0.345. The van der Waals surface area contributed by atoms with E-state index in [1.807, 2.05) is 6.92 Å². The number of aromatic nitrogens is 2. The molecule has 1 heterocycles. The first-order chi connectivity index (χ1) is 9.35. The second-order valence-electron chi connectivity index (χ2n) is 4.55. The van der Waals surface area contributed by atoms with E-state index in [1.165, 1.54) is 17.1 Å². The van der Waals surface area contributed by atoms with Crippen molar-refractivity contribution in [3.63, 3.8) is 0 Å². The van der Waals surface area contributed by atoms with Gasteiger partial charge in [0.1, 0.15) is 4.90 Å². The highest BCUT2D eigenvalue weighted by molar-refractivity contribution is 7.89. The second-order valence-corrected chi connectivity index (χ2v) is 6.32. The summed E-state index contributed by atoms with van der Waals surface area (Å²) in [5, 5.41) is 21.1. The van der Waals surface area contributed by atoms with Crippen molar-refractivity contribution < 1.29 is 23.4 Å². The average molecular weight is 305 g/mol. The molecule has 9 heteroatoms. The molecule has 3 N–H and O–H groups in total. The summed E-state index contributed by atoms with van der Waals surface area (Å²) in [5.41, 5.74) is 0. The van der Waals surface area contributed by atoms with Crippen LogP contribution in [0.15, 0.2) is 17.3 Å². The number of carboxylic acid groups (broad SMARTS) is 1. The minimum atomic E-state index is -3.65. The summed E-state index contributed by atoms with van der Waals surface area (Å²) in [5.74, 6) is -0.947. The van der Waals surface area contributed by atoms with E-state index in [9.17, 15) is 13.2 Å². The number of carbonyl (C=O) groups is 1. The predicted molar refractivity (Wildman–Crippen MR) is 70.5 cm³/mol. The van der Waals surface area contributed by atoms with Crippen LogP contribution < -0.4 is 4.72 Å². The van der Waals surface area contributed by atoms with Crippen LogP contribution in [0.4, 0.5) is 0 Å². The van der Waals surface area contributed by atoms with E-state index in [4.69, 9.17) is 10.2 Å². The molecule has 0 aliphatic rings. The van der Waals surface area contributed by atoms with Crippen molar-refractivity contribution in [2.24, 2.45) is 5.92 Å². The van der Waals surface area contributed by atoms with Crippen LogP contribution in [0.3, 0.4) is 0 Å². The Morgan fingerprint density at radius 3 is 2.85 bits per heavy atom. The van der Waals surface area contributed by atoms with Gasteiger partial charge in [0.2, 0.25) is 10.0 Å². The largest absolute Gasteiger partial charge is 0.481 e. The molecule has 1 aromatic heterocycles. The number of sulfonamides is 1. The number of aliphatic hydroxyl groups is 1. The summed E-state index contributed by atoms with van der Waals surface area (Å²) in [6.45, 7) is 2.18. The maximum Gasteiger partial charge on any atom is 0.305 e. The van der Waals surface area contributed by atoms with Gasteiger partial charge in [-0.05, 0) is 12.3 Å². The summed E-state index contributed by atoms with van der Waals surface area (Å²) >= 11 is 0. The SMILES string of the molecule is CC(CCO)CNS(=O)(=O)c1cnn(CCC(=O)O)c1. The van der Waals surface area contributed by atoms with E-state index < -0.39 is 16.0 Å². The van der Waals surface area contributed by atoms with Gasteiger partial charge in [0.05, 0.1) is 19.2 Å². The van der Waals surface area contributed by atoms with Crippen LogP contribution in [0, 0.1) is 5.92 Å². The number of hydrogen-bond acceptors (Lipinski definition) is 5. The maximum absolute atomic E-state index is 11.9. The lowest BCUT2D eigenvalue weighted by Crippen LogP contribution is -2.28.